The van der Waals surface area contributed by atoms with Crippen LogP contribution in [-0.2, 0) is 0 Å². The second-order valence-electron chi connectivity index (χ2n) is 5.85. The van der Waals surface area contributed by atoms with E-state index in [0.717, 1.165) is 11.1 Å². The van der Waals surface area contributed by atoms with E-state index in [1.807, 2.05) is 32.0 Å². The Hall–Kier alpha value is -2.53. The van der Waals surface area contributed by atoms with Gasteiger partial charge in [0.05, 0.1) is 6.04 Å². The molecule has 6 heteroatoms. The van der Waals surface area contributed by atoms with E-state index in [2.05, 4.69) is 10.6 Å². The van der Waals surface area contributed by atoms with E-state index in [1.54, 1.807) is 43.3 Å². The summed E-state index contributed by atoms with van der Waals surface area (Å²) in [6.07, 6.45) is 0. The van der Waals surface area contributed by atoms with E-state index in [0.29, 0.717) is 16.3 Å². The third-order valence-corrected chi connectivity index (χ3v) is 4.56. The largest absolute Gasteiger partial charge is 0.355 e. The highest BCUT2D eigenvalue weighted by atomic mass is 35.5. The molecule has 0 bridgehead atoms. The Morgan fingerprint density at radius 2 is 1.84 bits per heavy atom. The van der Waals surface area contributed by atoms with Gasteiger partial charge in [0.25, 0.3) is 5.91 Å². The van der Waals surface area contributed by atoms with Crippen LogP contribution in [0, 0.1) is 6.92 Å². The van der Waals surface area contributed by atoms with Crippen molar-refractivity contribution in [3.05, 3.63) is 64.2 Å². The maximum atomic E-state index is 12.6. The molecule has 2 aromatic carbocycles. The number of rotatable bonds is 4. The molecule has 0 aliphatic heterocycles. The van der Waals surface area contributed by atoms with Crippen molar-refractivity contribution >= 4 is 29.2 Å². The summed E-state index contributed by atoms with van der Waals surface area (Å²) in [5.74, 6) is -0.162. The maximum Gasteiger partial charge on any atom is 0.322 e. The molecule has 0 spiro atoms. The van der Waals surface area contributed by atoms with Crippen LogP contribution in [0.15, 0.2) is 42.5 Å². The molecule has 0 aliphatic carbocycles. The first-order valence-electron chi connectivity index (χ1n) is 7.96. The summed E-state index contributed by atoms with van der Waals surface area (Å²) in [6, 6.07) is 12.2. The van der Waals surface area contributed by atoms with Gasteiger partial charge in [-0.2, -0.15) is 0 Å². The molecule has 2 N–H and O–H groups in total. The summed E-state index contributed by atoms with van der Waals surface area (Å²) in [6.45, 7) is 3.77. The van der Waals surface area contributed by atoms with Crippen molar-refractivity contribution in [2.24, 2.45) is 0 Å². The molecule has 1 unspecified atom stereocenters. The summed E-state index contributed by atoms with van der Waals surface area (Å²) in [7, 11) is 3.30. The number of nitrogens with one attached hydrogen (secondary N) is 2. The average molecular weight is 360 g/mol. The predicted molar refractivity (Wildman–Crippen MR) is 101 cm³/mol. The zero-order valence-electron chi connectivity index (χ0n) is 14.8. The Morgan fingerprint density at radius 3 is 2.44 bits per heavy atom. The highest BCUT2D eigenvalue weighted by Gasteiger charge is 2.20. The Labute approximate surface area is 153 Å². The van der Waals surface area contributed by atoms with Crippen LogP contribution in [0.25, 0.3) is 0 Å². The molecule has 1 atom stereocenters. The molecule has 0 fully saturated rings. The lowest BCUT2D eigenvalue weighted by Crippen LogP contribution is -2.34. The first kappa shape index (κ1) is 18.8. The number of halogens is 1. The summed E-state index contributed by atoms with van der Waals surface area (Å²) in [5, 5.41) is 6.08. The van der Waals surface area contributed by atoms with Crippen LogP contribution in [0.3, 0.4) is 0 Å². The SMILES string of the molecule is CNC(=O)c1ccc(NC(=O)N(C)C(C)c2ccccc2Cl)c(C)c1. The van der Waals surface area contributed by atoms with Gasteiger partial charge in [0, 0.05) is 30.4 Å². The number of carbonyl (C=O) groups excluding carboxylic acids is 2. The van der Waals surface area contributed by atoms with Gasteiger partial charge in [-0.05, 0) is 49.2 Å². The van der Waals surface area contributed by atoms with E-state index in [9.17, 15) is 9.59 Å². The van der Waals surface area contributed by atoms with Crippen LogP contribution in [-0.4, -0.2) is 30.9 Å². The highest BCUT2D eigenvalue weighted by molar-refractivity contribution is 6.31. The second kappa shape index (κ2) is 8.03. The average Bonchev–Trinajstić information content (AvgIpc) is 2.61. The number of urea groups is 1. The predicted octanol–water partition coefficient (Wildman–Crippen LogP) is 4.23. The maximum absolute atomic E-state index is 12.6. The number of hydrogen-bond donors (Lipinski definition) is 2. The number of nitrogens with zero attached hydrogens (tertiary/aromatic N) is 1. The molecule has 25 heavy (non-hydrogen) atoms. The van der Waals surface area contributed by atoms with E-state index in [1.165, 1.54) is 0 Å². The van der Waals surface area contributed by atoms with Crippen LogP contribution in [0.2, 0.25) is 5.02 Å². The lowest BCUT2D eigenvalue weighted by Gasteiger charge is -2.26. The van der Waals surface area contributed by atoms with Gasteiger partial charge in [-0.1, -0.05) is 29.8 Å². The summed E-state index contributed by atoms with van der Waals surface area (Å²) < 4.78 is 0. The Kier molecular flexibility index (Phi) is 6.04. The Balaban J connectivity index is 2.13. The van der Waals surface area contributed by atoms with Crippen molar-refractivity contribution in [3.63, 3.8) is 0 Å². The first-order chi connectivity index (χ1) is 11.8. The van der Waals surface area contributed by atoms with Gasteiger partial charge >= 0.3 is 6.03 Å². The number of aryl methyl sites for hydroxylation is 1. The minimum atomic E-state index is -0.247. The number of benzene rings is 2. The lowest BCUT2D eigenvalue weighted by molar-refractivity contribution is 0.0963. The summed E-state index contributed by atoms with van der Waals surface area (Å²) in [4.78, 5) is 25.8. The third-order valence-electron chi connectivity index (χ3n) is 4.21. The van der Waals surface area contributed by atoms with Gasteiger partial charge in [-0.3, -0.25) is 4.79 Å². The fourth-order valence-electron chi connectivity index (χ4n) is 2.49. The molecule has 0 radical (unpaired) electrons. The van der Waals surface area contributed by atoms with E-state index in [-0.39, 0.29) is 18.0 Å². The van der Waals surface area contributed by atoms with Crippen LogP contribution < -0.4 is 10.6 Å². The zero-order valence-corrected chi connectivity index (χ0v) is 15.5. The zero-order chi connectivity index (χ0) is 18.6. The molecule has 0 saturated carbocycles. The van der Waals surface area contributed by atoms with Gasteiger partial charge in [-0.25, -0.2) is 4.79 Å². The quantitative estimate of drug-likeness (QED) is 0.858. The van der Waals surface area contributed by atoms with Gasteiger partial charge in [0.2, 0.25) is 0 Å². The third kappa shape index (κ3) is 4.31. The van der Waals surface area contributed by atoms with Crippen molar-refractivity contribution in [1.82, 2.24) is 10.2 Å². The standard InChI is InChI=1S/C19H22ClN3O2/c1-12-11-14(18(24)21-3)9-10-17(12)22-19(25)23(4)13(2)15-7-5-6-8-16(15)20/h5-11,13H,1-4H3,(H,21,24)(H,22,25). The molecule has 0 aromatic heterocycles. The van der Waals surface area contributed by atoms with Crippen LogP contribution in [0.1, 0.15) is 34.5 Å². The van der Waals surface area contributed by atoms with Gasteiger partial charge in [0.1, 0.15) is 0 Å². The highest BCUT2D eigenvalue weighted by Crippen LogP contribution is 2.27. The number of carbonyl (C=O) groups is 2. The number of anilines is 1. The smallest absolute Gasteiger partial charge is 0.322 e. The summed E-state index contributed by atoms with van der Waals surface area (Å²) >= 11 is 6.22. The van der Waals surface area contributed by atoms with Gasteiger partial charge in [0.15, 0.2) is 0 Å². The van der Waals surface area contributed by atoms with Crippen molar-refractivity contribution in [2.45, 2.75) is 19.9 Å². The number of hydrogen-bond acceptors (Lipinski definition) is 2. The molecule has 0 heterocycles. The van der Waals surface area contributed by atoms with Crippen molar-refractivity contribution < 1.29 is 9.59 Å². The number of amides is 3. The molecule has 5 nitrogen and oxygen atoms in total. The Morgan fingerprint density at radius 1 is 1.16 bits per heavy atom. The molecule has 0 saturated heterocycles. The van der Waals surface area contributed by atoms with Gasteiger partial charge < -0.3 is 15.5 Å². The normalized spacial score (nSPS) is 11.6. The summed E-state index contributed by atoms with van der Waals surface area (Å²) in [5.41, 5.74) is 2.91. The molecule has 2 aromatic rings. The van der Waals surface area contributed by atoms with Crippen LogP contribution in [0.5, 0.6) is 0 Å². The molecular weight excluding hydrogens is 338 g/mol. The topological polar surface area (TPSA) is 61.4 Å². The Bertz CT molecular complexity index is 792. The minimum absolute atomic E-state index is 0.162. The first-order valence-corrected chi connectivity index (χ1v) is 8.34. The molecule has 3 amide bonds. The second-order valence-corrected chi connectivity index (χ2v) is 6.25. The fraction of sp³-hybridized carbons (Fsp3) is 0.263. The van der Waals surface area contributed by atoms with Crippen molar-refractivity contribution in [2.75, 3.05) is 19.4 Å². The van der Waals surface area contributed by atoms with Crippen LogP contribution >= 0.6 is 11.6 Å². The fourth-order valence-corrected chi connectivity index (χ4v) is 2.78. The molecule has 2 rings (SSSR count). The van der Waals surface area contributed by atoms with E-state index in [4.69, 9.17) is 11.6 Å². The molecular formula is C19H22ClN3O2. The minimum Gasteiger partial charge on any atom is -0.355 e. The van der Waals surface area contributed by atoms with Crippen molar-refractivity contribution in [1.29, 1.82) is 0 Å². The van der Waals surface area contributed by atoms with Crippen LogP contribution in [0.4, 0.5) is 10.5 Å². The molecule has 132 valence electrons. The van der Waals surface area contributed by atoms with E-state index >= 15 is 0 Å². The van der Waals surface area contributed by atoms with Gasteiger partial charge in [-0.15, -0.1) is 0 Å². The van der Waals surface area contributed by atoms with E-state index < -0.39 is 0 Å². The lowest BCUT2D eigenvalue weighted by atomic mass is 10.1. The monoisotopic (exact) mass is 359 g/mol. The van der Waals surface area contributed by atoms with Crippen molar-refractivity contribution in [3.8, 4) is 0 Å². The molecule has 0 aliphatic rings.